The van der Waals surface area contributed by atoms with Crippen molar-refractivity contribution in [2.45, 2.75) is 32.1 Å². The van der Waals surface area contributed by atoms with Gasteiger partial charge in [0.05, 0.1) is 6.61 Å². The van der Waals surface area contributed by atoms with Gasteiger partial charge in [-0.3, -0.25) is 14.4 Å². The first-order valence-electron chi connectivity index (χ1n) is 10.4. The fraction of sp³-hybridized carbons (Fsp3) is 0.478. The number of hydroxylamine groups is 2. The number of fused-ring (bicyclic) bond motifs is 1. The van der Waals surface area contributed by atoms with Gasteiger partial charge in [0.1, 0.15) is 0 Å². The van der Waals surface area contributed by atoms with Crippen molar-refractivity contribution in [3.05, 3.63) is 48.0 Å². The van der Waals surface area contributed by atoms with Crippen LogP contribution in [-0.4, -0.2) is 54.4 Å². The molecule has 0 radical (unpaired) electrons. The van der Waals surface area contributed by atoms with Gasteiger partial charge in [-0.1, -0.05) is 36.4 Å². The minimum Gasteiger partial charge on any atom is -0.342 e. The van der Waals surface area contributed by atoms with Crippen molar-refractivity contribution < 1.29 is 14.4 Å². The Hall–Kier alpha value is -2.24. The normalized spacial score (nSPS) is 21.0. The summed E-state index contributed by atoms with van der Waals surface area (Å²) in [7, 11) is 0. The van der Waals surface area contributed by atoms with E-state index in [4.69, 9.17) is 4.84 Å². The number of amides is 1. The van der Waals surface area contributed by atoms with E-state index < -0.39 is 0 Å². The Bertz CT molecular complexity index is 845. The van der Waals surface area contributed by atoms with Gasteiger partial charge in [-0.05, 0) is 42.5 Å². The van der Waals surface area contributed by atoms with Gasteiger partial charge in [0.2, 0.25) is 5.91 Å². The van der Waals surface area contributed by atoms with Crippen LogP contribution in [-0.2, 0) is 9.63 Å². The van der Waals surface area contributed by atoms with Crippen LogP contribution in [0.3, 0.4) is 0 Å². The average molecular weight is 380 g/mol. The Kier molecular flexibility index (Phi) is 6.03. The lowest BCUT2D eigenvalue weighted by atomic mass is 9.89. The highest BCUT2D eigenvalue weighted by molar-refractivity contribution is 6.01. The van der Waals surface area contributed by atoms with Gasteiger partial charge in [0.25, 0.3) is 0 Å². The molecule has 148 valence electrons. The van der Waals surface area contributed by atoms with Crippen LogP contribution >= 0.6 is 0 Å². The maximum absolute atomic E-state index is 13.1. The summed E-state index contributed by atoms with van der Waals surface area (Å²) >= 11 is 0. The van der Waals surface area contributed by atoms with Crippen LogP contribution in [0.5, 0.6) is 0 Å². The summed E-state index contributed by atoms with van der Waals surface area (Å²) in [5, 5.41) is 4.13. The van der Waals surface area contributed by atoms with E-state index in [0.717, 1.165) is 61.7 Å². The van der Waals surface area contributed by atoms with Crippen LogP contribution in [0.4, 0.5) is 0 Å². The largest absolute Gasteiger partial charge is 0.342 e. The molecule has 28 heavy (non-hydrogen) atoms. The van der Waals surface area contributed by atoms with Crippen molar-refractivity contribution in [2.24, 2.45) is 5.92 Å². The third-order valence-corrected chi connectivity index (χ3v) is 5.83. The number of hydrogen-bond acceptors (Lipinski definition) is 4. The first kappa shape index (κ1) is 19.1. The molecule has 0 bridgehead atoms. The summed E-state index contributed by atoms with van der Waals surface area (Å²) in [4.78, 5) is 33.2. The smallest absolute Gasteiger partial charge is 0.223 e. The number of carbonyl (C=O) groups excluding carboxylic acids is 2. The van der Waals surface area contributed by atoms with Crippen LogP contribution < -0.4 is 0 Å². The Balaban J connectivity index is 1.36. The highest BCUT2D eigenvalue weighted by Gasteiger charge is 2.29. The SMILES string of the molecule is O=C(c1ccc2ccccc2c1)[C@@H]1CCCN(C(=O)CCN2CCCCO2)C1. The topological polar surface area (TPSA) is 49.9 Å². The zero-order chi connectivity index (χ0) is 19.3. The molecule has 2 saturated heterocycles. The third-order valence-electron chi connectivity index (χ3n) is 5.83. The molecule has 4 rings (SSSR count). The van der Waals surface area contributed by atoms with Crippen LogP contribution in [0, 0.1) is 5.92 Å². The van der Waals surface area contributed by atoms with E-state index in [0.29, 0.717) is 19.5 Å². The Morgan fingerprint density at radius 2 is 1.86 bits per heavy atom. The lowest BCUT2D eigenvalue weighted by Crippen LogP contribution is -2.43. The average Bonchev–Trinajstić information content (AvgIpc) is 2.77. The van der Waals surface area contributed by atoms with E-state index in [1.165, 1.54) is 0 Å². The van der Waals surface area contributed by atoms with E-state index in [1.807, 2.05) is 46.4 Å². The van der Waals surface area contributed by atoms with Crippen LogP contribution in [0.25, 0.3) is 10.8 Å². The molecule has 5 nitrogen and oxygen atoms in total. The second kappa shape index (κ2) is 8.84. The molecule has 1 atom stereocenters. The number of rotatable bonds is 5. The van der Waals surface area contributed by atoms with Crippen molar-refractivity contribution in [1.82, 2.24) is 9.96 Å². The lowest BCUT2D eigenvalue weighted by molar-refractivity contribution is -0.182. The zero-order valence-corrected chi connectivity index (χ0v) is 16.3. The summed E-state index contributed by atoms with van der Waals surface area (Å²) in [6.45, 7) is 3.57. The summed E-state index contributed by atoms with van der Waals surface area (Å²) in [5.41, 5.74) is 0.750. The van der Waals surface area contributed by atoms with Crippen molar-refractivity contribution in [3.63, 3.8) is 0 Å². The highest BCUT2D eigenvalue weighted by Crippen LogP contribution is 2.24. The predicted octanol–water partition coefficient (Wildman–Crippen LogP) is 3.68. The maximum atomic E-state index is 13.1. The van der Waals surface area contributed by atoms with E-state index in [-0.39, 0.29) is 17.6 Å². The van der Waals surface area contributed by atoms with Crippen molar-refractivity contribution >= 4 is 22.5 Å². The Morgan fingerprint density at radius 1 is 1.00 bits per heavy atom. The zero-order valence-electron chi connectivity index (χ0n) is 16.3. The summed E-state index contributed by atoms with van der Waals surface area (Å²) in [6, 6.07) is 14.0. The molecule has 2 aromatic rings. The second-order valence-electron chi connectivity index (χ2n) is 7.82. The summed E-state index contributed by atoms with van der Waals surface area (Å²) in [6.07, 6.45) is 4.41. The van der Waals surface area contributed by atoms with E-state index in [2.05, 4.69) is 6.07 Å². The highest BCUT2D eigenvalue weighted by atomic mass is 16.7. The van der Waals surface area contributed by atoms with Gasteiger partial charge < -0.3 is 4.90 Å². The molecule has 0 aliphatic carbocycles. The number of ketones is 1. The molecule has 2 aliphatic heterocycles. The van der Waals surface area contributed by atoms with Crippen LogP contribution in [0.1, 0.15) is 42.5 Å². The van der Waals surface area contributed by atoms with E-state index >= 15 is 0 Å². The monoisotopic (exact) mass is 380 g/mol. The number of benzene rings is 2. The lowest BCUT2D eigenvalue weighted by Gasteiger charge is -2.33. The third kappa shape index (κ3) is 4.42. The van der Waals surface area contributed by atoms with Crippen LogP contribution in [0.15, 0.2) is 42.5 Å². The quantitative estimate of drug-likeness (QED) is 0.743. The number of hydrogen-bond donors (Lipinski definition) is 0. The molecule has 0 spiro atoms. The summed E-state index contributed by atoms with van der Waals surface area (Å²) < 4.78 is 0. The standard InChI is InChI=1S/C23H28N2O3/c26-22(11-14-25-13-3-4-15-28-25)24-12-5-8-21(17-24)23(27)20-10-9-18-6-1-2-7-19(18)16-20/h1-2,6-7,9-10,16,21H,3-5,8,11-15,17H2/t21-/m1/s1. The first-order chi connectivity index (χ1) is 13.7. The van der Waals surface area contributed by atoms with Crippen molar-refractivity contribution in [1.29, 1.82) is 0 Å². The minimum atomic E-state index is -0.106. The minimum absolute atomic E-state index is 0.106. The number of nitrogens with zero attached hydrogens (tertiary/aromatic N) is 2. The van der Waals surface area contributed by atoms with Gasteiger partial charge in [0, 0.05) is 44.1 Å². The summed E-state index contributed by atoms with van der Waals surface area (Å²) in [5.74, 6) is 0.179. The molecular formula is C23H28N2O3. The van der Waals surface area contributed by atoms with Gasteiger partial charge in [0.15, 0.2) is 5.78 Å². The fourth-order valence-corrected chi connectivity index (χ4v) is 4.20. The Morgan fingerprint density at radius 3 is 2.68 bits per heavy atom. The molecule has 1 amide bonds. The van der Waals surface area contributed by atoms with Crippen molar-refractivity contribution in [2.75, 3.05) is 32.8 Å². The number of likely N-dealkylation sites (tertiary alicyclic amines) is 1. The second-order valence-corrected chi connectivity index (χ2v) is 7.82. The number of Topliss-reactive ketones (excluding diaryl/α,β-unsaturated/α-hetero) is 1. The maximum Gasteiger partial charge on any atom is 0.223 e. The van der Waals surface area contributed by atoms with Crippen molar-refractivity contribution in [3.8, 4) is 0 Å². The Labute approximate surface area is 166 Å². The number of piperidine rings is 1. The molecule has 0 unspecified atom stereocenters. The fourth-order valence-electron chi connectivity index (χ4n) is 4.20. The molecule has 0 N–H and O–H groups in total. The molecule has 5 heteroatoms. The van der Waals surface area contributed by atoms with Gasteiger partial charge in [-0.15, -0.1) is 0 Å². The van der Waals surface area contributed by atoms with Crippen LogP contribution in [0.2, 0.25) is 0 Å². The molecule has 2 aromatic carbocycles. The molecule has 0 saturated carbocycles. The predicted molar refractivity (Wildman–Crippen MR) is 109 cm³/mol. The molecule has 0 aromatic heterocycles. The number of carbonyl (C=O) groups is 2. The molecule has 2 heterocycles. The van der Waals surface area contributed by atoms with E-state index in [1.54, 1.807) is 0 Å². The molecule has 2 fully saturated rings. The van der Waals surface area contributed by atoms with Gasteiger partial charge in [-0.2, -0.15) is 5.06 Å². The van der Waals surface area contributed by atoms with Gasteiger partial charge in [-0.25, -0.2) is 0 Å². The van der Waals surface area contributed by atoms with Gasteiger partial charge >= 0.3 is 0 Å². The molecular weight excluding hydrogens is 352 g/mol. The molecule has 2 aliphatic rings. The first-order valence-corrected chi connectivity index (χ1v) is 10.4. The van der Waals surface area contributed by atoms with E-state index in [9.17, 15) is 9.59 Å².